The zero-order valence-electron chi connectivity index (χ0n) is 25.3. The summed E-state index contributed by atoms with van der Waals surface area (Å²) in [4.78, 5) is 23.2. The number of amides is 1. The maximum atomic E-state index is 11.6. The van der Waals surface area contributed by atoms with Crippen LogP contribution in [-0.2, 0) is 16.0 Å². The lowest BCUT2D eigenvalue weighted by molar-refractivity contribution is -0.135. The minimum Gasteiger partial charge on any atom is -0.445 e. The lowest BCUT2D eigenvalue weighted by Crippen LogP contribution is -2.41. The van der Waals surface area contributed by atoms with E-state index in [1.807, 2.05) is 39.0 Å². The van der Waals surface area contributed by atoms with Crippen LogP contribution in [-0.4, -0.2) is 29.4 Å². The van der Waals surface area contributed by atoms with Gasteiger partial charge in [-0.15, -0.1) is 0 Å². The molecule has 1 amide bonds. The van der Waals surface area contributed by atoms with Gasteiger partial charge in [-0.2, -0.15) is 0 Å². The average molecular weight is 552 g/mol. The van der Waals surface area contributed by atoms with Gasteiger partial charge in [-0.3, -0.25) is 4.79 Å². The number of hydrogen-bond donors (Lipinski definition) is 2. The minimum absolute atomic E-state index is 0.0289. The van der Waals surface area contributed by atoms with Crippen molar-refractivity contribution < 1.29 is 24.2 Å². The number of fused-ring (bicyclic) bond motifs is 1. The van der Waals surface area contributed by atoms with E-state index in [-0.39, 0.29) is 23.7 Å². The number of carbonyl (C=O) groups is 2. The van der Waals surface area contributed by atoms with Gasteiger partial charge in [0.25, 0.3) is 0 Å². The molecule has 1 aliphatic rings. The fourth-order valence-corrected chi connectivity index (χ4v) is 5.50. The first kappa shape index (κ1) is 33.1. The zero-order chi connectivity index (χ0) is 30.0. The number of benzene rings is 1. The molecule has 1 aromatic carbocycles. The van der Waals surface area contributed by atoms with Crippen LogP contribution in [0.15, 0.2) is 60.7 Å². The number of allylic oxidation sites excluding steroid dienone is 5. The Morgan fingerprint density at radius 3 is 2.42 bits per heavy atom. The van der Waals surface area contributed by atoms with E-state index < -0.39 is 18.3 Å². The third kappa shape index (κ3) is 9.81. The number of esters is 1. The minimum atomic E-state index is -0.840. The lowest BCUT2D eigenvalue weighted by Gasteiger charge is -2.33. The maximum Gasteiger partial charge on any atom is 0.404 e. The first-order valence-electron chi connectivity index (χ1n) is 14.5. The molecule has 3 N–H and O–H groups in total. The van der Waals surface area contributed by atoms with Crippen LogP contribution in [0.4, 0.5) is 4.79 Å². The highest BCUT2D eigenvalue weighted by Crippen LogP contribution is 2.31. The number of ether oxygens (including phenoxy) is 2. The van der Waals surface area contributed by atoms with Crippen molar-refractivity contribution in [2.75, 3.05) is 0 Å². The summed E-state index contributed by atoms with van der Waals surface area (Å²) in [6, 6.07) is 6.06. The summed E-state index contributed by atoms with van der Waals surface area (Å²) in [6.45, 7) is 18.4. The summed E-state index contributed by atoms with van der Waals surface area (Å²) in [5, 5.41) is 11.2. The van der Waals surface area contributed by atoms with Gasteiger partial charge in [0.1, 0.15) is 11.9 Å². The van der Waals surface area contributed by atoms with E-state index >= 15 is 0 Å². The molecule has 0 saturated carbocycles. The molecular weight excluding hydrogens is 502 g/mol. The Labute approximate surface area is 241 Å². The summed E-state index contributed by atoms with van der Waals surface area (Å²) in [7, 11) is 0. The highest BCUT2D eigenvalue weighted by atomic mass is 16.6. The molecule has 0 radical (unpaired) electrons. The van der Waals surface area contributed by atoms with Crippen molar-refractivity contribution in [3.05, 3.63) is 71.9 Å². The van der Waals surface area contributed by atoms with Gasteiger partial charge in [-0.25, -0.2) is 4.79 Å². The van der Waals surface area contributed by atoms with Crippen LogP contribution in [0.25, 0.3) is 6.08 Å². The standard InChI is InChI=1S/C34H49NO5/c1-9-10-11-23(4)33(40-34(35)38)27(8)32(37)25(6)19-21(2)18-24(5)26(7)22(3)12-13-28-14-15-29-16-17-31(36)39-30(29)20-28/h9-15,18,20,22-27,32-33,37H,1,16-17,19H2,2-8H3,(H2,35,38)/b11-10-,13-12-,21-18-/t22?,23?,24-,25-,26-,27-,32+,33-/m0/s1. The van der Waals surface area contributed by atoms with E-state index in [1.165, 1.54) is 5.57 Å². The van der Waals surface area contributed by atoms with Gasteiger partial charge in [0.2, 0.25) is 0 Å². The zero-order valence-corrected chi connectivity index (χ0v) is 25.3. The molecule has 2 unspecified atom stereocenters. The Balaban J connectivity index is 2.00. The SMILES string of the molecule is C=C/C=C\C(C)[C@H](OC(N)=O)[C@@H](C)[C@H](O)[C@@H](C)C/C(C)=C\[C@H](C)[C@@H](C)C(C)/C=C\c1ccc2c(c1)OC(=O)CC2. The first-order chi connectivity index (χ1) is 18.8. The van der Waals surface area contributed by atoms with Crippen molar-refractivity contribution >= 4 is 18.1 Å². The normalized spacial score (nSPS) is 20.1. The maximum absolute atomic E-state index is 11.6. The van der Waals surface area contributed by atoms with Gasteiger partial charge in [0.05, 0.1) is 12.5 Å². The van der Waals surface area contributed by atoms with Crippen LogP contribution < -0.4 is 10.5 Å². The Kier molecular flexibility index (Phi) is 12.9. The van der Waals surface area contributed by atoms with Crippen molar-refractivity contribution in [1.29, 1.82) is 0 Å². The molecule has 2 rings (SSSR count). The molecule has 40 heavy (non-hydrogen) atoms. The van der Waals surface area contributed by atoms with Crippen molar-refractivity contribution in [3.63, 3.8) is 0 Å². The molecular formula is C34H49NO5. The summed E-state index contributed by atoms with van der Waals surface area (Å²) in [5.41, 5.74) is 8.65. The number of nitrogens with two attached hydrogens (primary N) is 1. The van der Waals surface area contributed by atoms with Crippen LogP contribution in [0.1, 0.15) is 72.4 Å². The molecule has 0 bridgehead atoms. The van der Waals surface area contributed by atoms with E-state index in [1.54, 1.807) is 12.2 Å². The monoisotopic (exact) mass is 551 g/mol. The molecule has 0 spiro atoms. The Morgan fingerprint density at radius 1 is 1.07 bits per heavy atom. The molecule has 1 aromatic rings. The van der Waals surface area contributed by atoms with E-state index in [2.05, 4.69) is 58.6 Å². The fraction of sp³-hybridized carbons (Fsp3) is 0.529. The molecule has 0 aliphatic carbocycles. The molecule has 6 heteroatoms. The van der Waals surface area contributed by atoms with E-state index in [4.69, 9.17) is 15.2 Å². The number of carbonyl (C=O) groups excluding carboxylic acids is 2. The van der Waals surface area contributed by atoms with Gasteiger partial charge in [0, 0.05) is 11.8 Å². The van der Waals surface area contributed by atoms with Crippen molar-refractivity contribution in [2.24, 2.45) is 41.2 Å². The quantitative estimate of drug-likeness (QED) is 0.110. The van der Waals surface area contributed by atoms with Crippen LogP contribution in [0.3, 0.4) is 0 Å². The summed E-state index contributed by atoms with van der Waals surface area (Å²) >= 11 is 0. The van der Waals surface area contributed by atoms with Gasteiger partial charge in [-0.05, 0) is 60.6 Å². The van der Waals surface area contributed by atoms with Gasteiger partial charge in [0.15, 0.2) is 0 Å². The third-order valence-corrected chi connectivity index (χ3v) is 8.32. The van der Waals surface area contributed by atoms with Crippen LogP contribution in [0.2, 0.25) is 0 Å². The number of aryl methyl sites for hydroxylation is 1. The molecule has 1 aliphatic heterocycles. The van der Waals surface area contributed by atoms with Gasteiger partial charge in [-0.1, -0.05) is 102 Å². The number of aliphatic hydroxyl groups is 1. The first-order valence-corrected chi connectivity index (χ1v) is 14.5. The third-order valence-electron chi connectivity index (χ3n) is 8.32. The predicted molar refractivity (Wildman–Crippen MR) is 163 cm³/mol. The summed E-state index contributed by atoms with van der Waals surface area (Å²) in [6.07, 6.45) is 11.9. The average Bonchev–Trinajstić information content (AvgIpc) is 2.91. The number of primary amides is 1. The fourth-order valence-electron chi connectivity index (χ4n) is 5.50. The number of hydrogen-bond acceptors (Lipinski definition) is 5. The Morgan fingerprint density at radius 2 is 1.77 bits per heavy atom. The van der Waals surface area contributed by atoms with E-state index in [0.717, 1.165) is 24.0 Å². The molecule has 0 fully saturated rings. The topological polar surface area (TPSA) is 98.8 Å². The highest BCUT2D eigenvalue weighted by molar-refractivity contribution is 5.75. The second-order valence-electron chi connectivity index (χ2n) is 11.7. The smallest absolute Gasteiger partial charge is 0.404 e. The van der Waals surface area contributed by atoms with E-state index in [0.29, 0.717) is 29.9 Å². The van der Waals surface area contributed by atoms with Gasteiger partial charge < -0.3 is 20.3 Å². The summed E-state index contributed by atoms with van der Waals surface area (Å²) < 4.78 is 10.8. The molecule has 6 nitrogen and oxygen atoms in total. The van der Waals surface area contributed by atoms with Crippen molar-refractivity contribution in [1.82, 2.24) is 0 Å². The van der Waals surface area contributed by atoms with E-state index in [9.17, 15) is 14.7 Å². The van der Waals surface area contributed by atoms with Crippen LogP contribution in [0.5, 0.6) is 5.75 Å². The van der Waals surface area contributed by atoms with Crippen LogP contribution >= 0.6 is 0 Å². The number of rotatable bonds is 14. The molecule has 8 atom stereocenters. The van der Waals surface area contributed by atoms with Crippen molar-refractivity contribution in [2.45, 2.75) is 79.9 Å². The Hall–Kier alpha value is -3.12. The Bertz CT molecular complexity index is 1100. The molecule has 1 heterocycles. The summed E-state index contributed by atoms with van der Waals surface area (Å²) in [5.74, 6) is 1.12. The highest BCUT2D eigenvalue weighted by Gasteiger charge is 2.33. The number of aliphatic hydroxyl groups excluding tert-OH is 1. The lowest BCUT2D eigenvalue weighted by atomic mass is 9.80. The largest absolute Gasteiger partial charge is 0.445 e. The van der Waals surface area contributed by atoms with Crippen LogP contribution in [0, 0.1) is 35.5 Å². The second kappa shape index (κ2) is 15.6. The van der Waals surface area contributed by atoms with Crippen molar-refractivity contribution in [3.8, 4) is 5.75 Å². The second-order valence-corrected chi connectivity index (χ2v) is 11.7. The van der Waals surface area contributed by atoms with Gasteiger partial charge >= 0.3 is 12.1 Å². The predicted octanol–water partition coefficient (Wildman–Crippen LogP) is 7.27. The molecule has 220 valence electrons. The molecule has 0 aromatic heterocycles. The molecule has 0 saturated heterocycles.